The van der Waals surface area contributed by atoms with Gasteiger partial charge >= 0.3 is 0 Å². The van der Waals surface area contributed by atoms with E-state index in [9.17, 15) is 18.0 Å². The van der Waals surface area contributed by atoms with Crippen LogP contribution in [0.15, 0.2) is 60.0 Å². The van der Waals surface area contributed by atoms with Crippen LogP contribution in [0.3, 0.4) is 0 Å². The number of nitrogens with zero attached hydrogens (tertiary/aromatic N) is 1. The monoisotopic (exact) mass is 370 g/mol. The van der Waals surface area contributed by atoms with Gasteiger partial charge in [-0.1, -0.05) is 36.9 Å². The Kier molecular flexibility index (Phi) is 4.65. The number of hydrogen-bond donors (Lipinski definition) is 1. The van der Waals surface area contributed by atoms with Gasteiger partial charge in [-0.15, -0.1) is 0 Å². The average molecular weight is 370 g/mol. The van der Waals surface area contributed by atoms with Crippen LogP contribution in [0.25, 0.3) is 5.70 Å². The van der Waals surface area contributed by atoms with Crippen molar-refractivity contribution in [1.82, 2.24) is 4.90 Å². The fourth-order valence-corrected chi connectivity index (χ4v) is 3.73. The molecule has 0 atom stereocenters. The van der Waals surface area contributed by atoms with E-state index in [-0.39, 0.29) is 35.4 Å². The van der Waals surface area contributed by atoms with Crippen molar-refractivity contribution in [3.8, 4) is 0 Å². The first-order chi connectivity index (χ1) is 12.3. The molecular weight excluding hydrogens is 352 g/mol. The Hall–Kier alpha value is -2.93. The first-order valence-electron chi connectivity index (χ1n) is 7.98. The summed E-state index contributed by atoms with van der Waals surface area (Å²) in [4.78, 5) is 26.2. The van der Waals surface area contributed by atoms with Gasteiger partial charge in [0.15, 0.2) is 9.84 Å². The minimum atomic E-state index is -3.46. The molecule has 1 aliphatic rings. The van der Waals surface area contributed by atoms with Gasteiger partial charge in [-0.25, -0.2) is 8.42 Å². The molecule has 1 heterocycles. The summed E-state index contributed by atoms with van der Waals surface area (Å²) in [6.45, 7) is 4.10. The van der Waals surface area contributed by atoms with Crippen molar-refractivity contribution in [2.45, 2.75) is 11.3 Å². The SMILES string of the molecule is C=C1c2ccccc2C(=O)N1CCC(=O)Nc1ccccc1S(C)(=O)=O. The lowest BCUT2D eigenvalue weighted by atomic mass is 10.1. The smallest absolute Gasteiger partial charge is 0.258 e. The van der Waals surface area contributed by atoms with Crippen LogP contribution in [0.2, 0.25) is 0 Å². The molecule has 2 amide bonds. The zero-order valence-corrected chi connectivity index (χ0v) is 15.0. The third-order valence-corrected chi connectivity index (χ3v) is 5.32. The van der Waals surface area contributed by atoms with E-state index in [2.05, 4.69) is 11.9 Å². The standard InChI is InChI=1S/C19H18N2O4S/c1-13-14-7-3-4-8-15(14)19(23)21(13)12-11-18(22)20-16-9-5-6-10-17(16)26(2,24)25/h3-10H,1,11-12H2,2H3,(H,20,22). The average Bonchev–Trinajstić information content (AvgIpc) is 2.84. The molecule has 0 aromatic heterocycles. The van der Waals surface area contributed by atoms with Crippen LogP contribution in [-0.4, -0.2) is 37.9 Å². The lowest BCUT2D eigenvalue weighted by Crippen LogP contribution is -2.27. The summed E-state index contributed by atoms with van der Waals surface area (Å²) in [7, 11) is -3.46. The minimum absolute atomic E-state index is 0.0246. The van der Waals surface area contributed by atoms with Crippen molar-refractivity contribution >= 4 is 33.0 Å². The topological polar surface area (TPSA) is 83.6 Å². The molecule has 0 fully saturated rings. The molecule has 2 aromatic rings. The first kappa shape index (κ1) is 17.9. The minimum Gasteiger partial charge on any atom is -0.325 e. The Bertz CT molecular complexity index is 977. The number of rotatable bonds is 5. The fourth-order valence-electron chi connectivity index (χ4n) is 2.89. The number of carbonyl (C=O) groups excluding carboxylic acids is 2. The number of anilines is 1. The van der Waals surface area contributed by atoms with E-state index in [1.807, 2.05) is 12.1 Å². The molecule has 0 aliphatic carbocycles. The van der Waals surface area contributed by atoms with Gasteiger partial charge in [0.1, 0.15) is 0 Å². The van der Waals surface area contributed by atoms with Crippen LogP contribution in [0, 0.1) is 0 Å². The molecule has 26 heavy (non-hydrogen) atoms. The lowest BCUT2D eigenvalue weighted by molar-refractivity contribution is -0.116. The maximum absolute atomic E-state index is 12.4. The van der Waals surface area contributed by atoms with E-state index >= 15 is 0 Å². The van der Waals surface area contributed by atoms with Gasteiger partial charge in [0.2, 0.25) is 5.91 Å². The van der Waals surface area contributed by atoms with Crippen molar-refractivity contribution in [2.24, 2.45) is 0 Å². The van der Waals surface area contributed by atoms with Crippen molar-refractivity contribution in [3.05, 3.63) is 66.2 Å². The number of amides is 2. The van der Waals surface area contributed by atoms with Gasteiger partial charge in [0.25, 0.3) is 5.91 Å². The van der Waals surface area contributed by atoms with Crippen LogP contribution in [0.1, 0.15) is 22.3 Å². The maximum Gasteiger partial charge on any atom is 0.258 e. The molecule has 2 aromatic carbocycles. The van der Waals surface area contributed by atoms with Crippen molar-refractivity contribution in [3.63, 3.8) is 0 Å². The highest BCUT2D eigenvalue weighted by atomic mass is 32.2. The molecular formula is C19H18N2O4S. The number of para-hydroxylation sites is 1. The zero-order chi connectivity index (χ0) is 18.9. The van der Waals surface area contributed by atoms with Gasteiger partial charge in [-0.2, -0.15) is 0 Å². The number of fused-ring (bicyclic) bond motifs is 1. The molecule has 0 saturated heterocycles. The molecule has 0 bridgehead atoms. The summed E-state index contributed by atoms with van der Waals surface area (Å²) >= 11 is 0. The Balaban J connectivity index is 1.68. The van der Waals surface area contributed by atoms with Crippen molar-refractivity contribution in [2.75, 3.05) is 18.1 Å². The Labute approximate surface area is 152 Å². The summed E-state index contributed by atoms with van der Waals surface area (Å²) in [5, 5.41) is 2.61. The molecule has 134 valence electrons. The second-order valence-corrected chi connectivity index (χ2v) is 8.00. The van der Waals surface area contributed by atoms with E-state index in [1.165, 1.54) is 17.0 Å². The molecule has 1 aliphatic heterocycles. The third-order valence-electron chi connectivity index (χ3n) is 4.16. The maximum atomic E-state index is 12.4. The molecule has 6 nitrogen and oxygen atoms in total. The lowest BCUT2D eigenvalue weighted by Gasteiger charge is -2.17. The fraction of sp³-hybridized carbons (Fsp3) is 0.158. The second-order valence-electron chi connectivity index (χ2n) is 6.02. The number of sulfone groups is 1. The summed E-state index contributed by atoms with van der Waals surface area (Å²) in [5.74, 6) is -0.562. The molecule has 0 unspecified atom stereocenters. The predicted molar refractivity (Wildman–Crippen MR) is 99.3 cm³/mol. The quantitative estimate of drug-likeness (QED) is 0.877. The summed E-state index contributed by atoms with van der Waals surface area (Å²) in [5.41, 5.74) is 2.13. The number of nitrogens with one attached hydrogen (secondary N) is 1. The largest absolute Gasteiger partial charge is 0.325 e. The number of benzene rings is 2. The van der Waals surface area contributed by atoms with Gasteiger partial charge < -0.3 is 10.2 Å². The van der Waals surface area contributed by atoms with Crippen molar-refractivity contribution in [1.29, 1.82) is 0 Å². The van der Waals surface area contributed by atoms with Crippen LogP contribution in [0.4, 0.5) is 5.69 Å². The van der Waals surface area contributed by atoms with Gasteiger partial charge in [-0.3, -0.25) is 9.59 Å². The van der Waals surface area contributed by atoms with Crippen LogP contribution >= 0.6 is 0 Å². The predicted octanol–water partition coefficient (Wildman–Crippen LogP) is 2.55. The normalized spacial score (nSPS) is 13.7. The molecule has 1 N–H and O–H groups in total. The highest BCUT2D eigenvalue weighted by Crippen LogP contribution is 2.31. The molecule has 3 rings (SSSR count). The highest BCUT2D eigenvalue weighted by molar-refractivity contribution is 7.90. The highest BCUT2D eigenvalue weighted by Gasteiger charge is 2.30. The molecule has 7 heteroatoms. The van der Waals surface area contributed by atoms with Gasteiger partial charge in [0, 0.05) is 36.0 Å². The first-order valence-corrected chi connectivity index (χ1v) is 9.87. The second kappa shape index (κ2) is 6.76. The van der Waals surface area contributed by atoms with Crippen LogP contribution in [-0.2, 0) is 14.6 Å². The third kappa shape index (κ3) is 3.39. The Morgan fingerprint density at radius 2 is 1.69 bits per heavy atom. The van der Waals surface area contributed by atoms with Crippen LogP contribution in [0.5, 0.6) is 0 Å². The van der Waals surface area contributed by atoms with E-state index in [0.717, 1.165) is 11.8 Å². The molecule has 0 radical (unpaired) electrons. The van der Waals surface area contributed by atoms with Gasteiger partial charge in [0.05, 0.1) is 10.6 Å². The Morgan fingerprint density at radius 3 is 2.35 bits per heavy atom. The zero-order valence-electron chi connectivity index (χ0n) is 14.2. The van der Waals surface area contributed by atoms with E-state index in [1.54, 1.807) is 24.3 Å². The summed E-state index contributed by atoms with van der Waals surface area (Å²) in [6.07, 6.45) is 1.11. The molecule has 0 spiro atoms. The number of carbonyl (C=O) groups is 2. The summed E-state index contributed by atoms with van der Waals surface area (Å²) < 4.78 is 23.6. The summed E-state index contributed by atoms with van der Waals surface area (Å²) in [6, 6.07) is 13.4. The van der Waals surface area contributed by atoms with Crippen molar-refractivity contribution < 1.29 is 18.0 Å². The van der Waals surface area contributed by atoms with E-state index < -0.39 is 9.84 Å². The van der Waals surface area contributed by atoms with Crippen LogP contribution < -0.4 is 5.32 Å². The van der Waals surface area contributed by atoms with Gasteiger partial charge in [-0.05, 0) is 18.2 Å². The van der Waals surface area contributed by atoms with E-state index in [4.69, 9.17) is 0 Å². The Morgan fingerprint density at radius 1 is 1.08 bits per heavy atom. The molecule has 0 saturated carbocycles. The van der Waals surface area contributed by atoms with E-state index in [0.29, 0.717) is 11.3 Å². The number of hydrogen-bond acceptors (Lipinski definition) is 4.